The Bertz CT molecular complexity index is 583. The van der Waals surface area contributed by atoms with Gasteiger partial charge in [-0.3, -0.25) is 4.79 Å². The third kappa shape index (κ3) is 4.04. The minimum atomic E-state index is 0.218. The summed E-state index contributed by atoms with van der Waals surface area (Å²) >= 11 is 0. The lowest BCUT2D eigenvalue weighted by atomic mass is 9.94. The molecule has 0 aromatic carbocycles. The van der Waals surface area contributed by atoms with Gasteiger partial charge in [0.05, 0.1) is 12.2 Å². The first-order valence-corrected chi connectivity index (χ1v) is 9.06. The molecule has 2 fully saturated rings. The molecule has 6 nitrogen and oxygen atoms in total. The van der Waals surface area contributed by atoms with Crippen LogP contribution >= 0.6 is 0 Å². The van der Waals surface area contributed by atoms with Crippen LogP contribution in [0, 0.1) is 6.92 Å². The fourth-order valence-corrected chi connectivity index (χ4v) is 3.71. The third-order valence-corrected chi connectivity index (χ3v) is 4.92. The minimum absolute atomic E-state index is 0.218. The van der Waals surface area contributed by atoms with Crippen LogP contribution in [0.4, 0.5) is 5.82 Å². The molecule has 6 heteroatoms. The highest BCUT2D eigenvalue weighted by Crippen LogP contribution is 2.28. The molecule has 0 aliphatic carbocycles. The molecule has 1 atom stereocenters. The number of likely N-dealkylation sites (tertiary alicyclic amines) is 1. The van der Waals surface area contributed by atoms with Crippen LogP contribution in [-0.2, 0) is 4.79 Å². The number of aryl methyl sites for hydroxylation is 1. The number of aromatic nitrogens is 2. The highest BCUT2D eigenvalue weighted by atomic mass is 16.2. The van der Waals surface area contributed by atoms with Gasteiger partial charge in [-0.2, -0.15) is 0 Å². The fraction of sp³-hybridized carbons (Fsp3) is 0.722. The van der Waals surface area contributed by atoms with Crippen LogP contribution in [0.15, 0.2) is 6.07 Å². The minimum Gasteiger partial charge on any atom is -0.357 e. The monoisotopic (exact) mass is 331 g/mol. The summed E-state index contributed by atoms with van der Waals surface area (Å²) in [7, 11) is 3.88. The number of hydrogen-bond donors (Lipinski definition) is 0. The van der Waals surface area contributed by atoms with Crippen molar-refractivity contribution in [1.29, 1.82) is 0 Å². The Hall–Kier alpha value is -1.69. The standard InChI is InChI=1S/C18H29N5O/c1-14-19-16(11-17(20-14)22-8-4-5-9-22)15-7-6-10-23(12-15)18(24)13-21(2)3/h11,15H,4-10,12-13H2,1-3H3. The number of piperidine rings is 1. The van der Waals surface area contributed by atoms with Gasteiger partial charge in [-0.1, -0.05) is 0 Å². The van der Waals surface area contributed by atoms with E-state index >= 15 is 0 Å². The molecule has 3 heterocycles. The molecular formula is C18H29N5O. The van der Waals surface area contributed by atoms with Crippen molar-refractivity contribution in [3.8, 4) is 0 Å². The van der Waals surface area contributed by atoms with Gasteiger partial charge in [-0.05, 0) is 46.7 Å². The number of rotatable bonds is 4. The summed E-state index contributed by atoms with van der Waals surface area (Å²) in [6.45, 7) is 6.28. The number of carbonyl (C=O) groups is 1. The van der Waals surface area contributed by atoms with Crippen molar-refractivity contribution >= 4 is 11.7 Å². The molecule has 132 valence electrons. The summed E-state index contributed by atoms with van der Waals surface area (Å²) in [4.78, 5) is 28.0. The fourth-order valence-electron chi connectivity index (χ4n) is 3.71. The number of carbonyl (C=O) groups excluding carboxylic acids is 1. The van der Waals surface area contributed by atoms with Crippen molar-refractivity contribution in [2.75, 3.05) is 51.7 Å². The second kappa shape index (κ2) is 7.47. The molecule has 1 aromatic heterocycles. The lowest BCUT2D eigenvalue weighted by Crippen LogP contribution is -2.43. The molecule has 0 N–H and O–H groups in total. The van der Waals surface area contributed by atoms with E-state index in [0.29, 0.717) is 12.5 Å². The average molecular weight is 331 g/mol. The summed E-state index contributed by atoms with van der Waals surface area (Å²) in [5, 5.41) is 0. The maximum Gasteiger partial charge on any atom is 0.236 e. The van der Waals surface area contributed by atoms with Gasteiger partial charge in [0.2, 0.25) is 5.91 Å². The van der Waals surface area contributed by atoms with E-state index < -0.39 is 0 Å². The Balaban J connectivity index is 1.74. The van der Waals surface area contributed by atoms with Crippen molar-refractivity contribution < 1.29 is 4.79 Å². The highest BCUT2D eigenvalue weighted by molar-refractivity contribution is 5.78. The number of nitrogens with zero attached hydrogens (tertiary/aromatic N) is 5. The summed E-state index contributed by atoms with van der Waals surface area (Å²) in [5.41, 5.74) is 1.10. The molecule has 0 spiro atoms. The van der Waals surface area contributed by atoms with Crippen LogP contribution in [0.3, 0.4) is 0 Å². The second-order valence-corrected chi connectivity index (χ2v) is 7.31. The summed E-state index contributed by atoms with van der Waals surface area (Å²) in [5.74, 6) is 2.45. The van der Waals surface area contributed by atoms with Gasteiger partial charge in [0.25, 0.3) is 0 Å². The van der Waals surface area contributed by atoms with Crippen LogP contribution in [0.1, 0.15) is 43.1 Å². The molecule has 1 unspecified atom stereocenters. The van der Waals surface area contributed by atoms with E-state index in [4.69, 9.17) is 4.98 Å². The first-order chi connectivity index (χ1) is 11.5. The van der Waals surface area contributed by atoms with E-state index in [-0.39, 0.29) is 5.91 Å². The van der Waals surface area contributed by atoms with Gasteiger partial charge >= 0.3 is 0 Å². The SMILES string of the molecule is Cc1nc(C2CCCN(C(=O)CN(C)C)C2)cc(N2CCCC2)n1. The van der Waals surface area contributed by atoms with Crippen LogP contribution in [-0.4, -0.2) is 72.5 Å². The smallest absolute Gasteiger partial charge is 0.236 e. The molecule has 0 saturated carbocycles. The van der Waals surface area contributed by atoms with E-state index in [2.05, 4.69) is 16.0 Å². The Morgan fingerprint density at radius 1 is 1.21 bits per heavy atom. The van der Waals surface area contributed by atoms with Crippen LogP contribution in [0.2, 0.25) is 0 Å². The molecular weight excluding hydrogens is 302 g/mol. The zero-order chi connectivity index (χ0) is 17.1. The summed E-state index contributed by atoms with van der Waals surface area (Å²) in [6.07, 6.45) is 4.64. The van der Waals surface area contributed by atoms with Crippen molar-refractivity contribution in [3.05, 3.63) is 17.6 Å². The van der Waals surface area contributed by atoms with Crippen molar-refractivity contribution in [2.24, 2.45) is 0 Å². The molecule has 0 bridgehead atoms. The van der Waals surface area contributed by atoms with Gasteiger partial charge in [0, 0.05) is 38.2 Å². The van der Waals surface area contributed by atoms with E-state index in [9.17, 15) is 4.79 Å². The van der Waals surface area contributed by atoms with Gasteiger partial charge in [-0.25, -0.2) is 9.97 Å². The lowest BCUT2D eigenvalue weighted by Gasteiger charge is -2.33. The predicted octanol–water partition coefficient (Wildman–Crippen LogP) is 1.65. The van der Waals surface area contributed by atoms with E-state index in [1.165, 1.54) is 12.8 Å². The molecule has 2 aliphatic rings. The third-order valence-electron chi connectivity index (χ3n) is 4.92. The van der Waals surface area contributed by atoms with E-state index in [1.807, 2.05) is 30.8 Å². The van der Waals surface area contributed by atoms with Crippen LogP contribution < -0.4 is 4.90 Å². The average Bonchev–Trinajstić information content (AvgIpc) is 3.08. The van der Waals surface area contributed by atoms with Crippen molar-refractivity contribution in [2.45, 2.75) is 38.5 Å². The lowest BCUT2D eigenvalue weighted by molar-refractivity contribution is -0.133. The molecule has 24 heavy (non-hydrogen) atoms. The van der Waals surface area contributed by atoms with Crippen molar-refractivity contribution in [1.82, 2.24) is 19.8 Å². The van der Waals surface area contributed by atoms with Crippen LogP contribution in [0.5, 0.6) is 0 Å². The topological polar surface area (TPSA) is 52.6 Å². The zero-order valence-electron chi connectivity index (χ0n) is 15.2. The molecule has 3 rings (SSSR count). The Labute approximate surface area is 144 Å². The molecule has 0 radical (unpaired) electrons. The normalized spacial score (nSPS) is 21.6. The molecule has 1 aromatic rings. The Kier molecular flexibility index (Phi) is 5.33. The number of hydrogen-bond acceptors (Lipinski definition) is 5. The van der Waals surface area contributed by atoms with E-state index in [0.717, 1.165) is 56.4 Å². The van der Waals surface area contributed by atoms with Crippen LogP contribution in [0.25, 0.3) is 0 Å². The highest BCUT2D eigenvalue weighted by Gasteiger charge is 2.27. The van der Waals surface area contributed by atoms with E-state index in [1.54, 1.807) is 0 Å². The quantitative estimate of drug-likeness (QED) is 0.840. The number of likely N-dealkylation sites (N-methyl/N-ethyl adjacent to an activating group) is 1. The Morgan fingerprint density at radius 2 is 1.96 bits per heavy atom. The first-order valence-electron chi connectivity index (χ1n) is 9.06. The second-order valence-electron chi connectivity index (χ2n) is 7.31. The van der Waals surface area contributed by atoms with Gasteiger partial charge < -0.3 is 14.7 Å². The molecule has 2 saturated heterocycles. The number of amides is 1. The first kappa shape index (κ1) is 17.1. The summed E-state index contributed by atoms with van der Waals surface area (Å²) in [6, 6.07) is 2.16. The molecule has 1 amide bonds. The maximum atomic E-state index is 12.4. The van der Waals surface area contributed by atoms with Crippen molar-refractivity contribution in [3.63, 3.8) is 0 Å². The molecule has 2 aliphatic heterocycles. The van der Waals surface area contributed by atoms with Gasteiger partial charge in [0.1, 0.15) is 11.6 Å². The predicted molar refractivity (Wildman–Crippen MR) is 95.3 cm³/mol. The summed E-state index contributed by atoms with van der Waals surface area (Å²) < 4.78 is 0. The Morgan fingerprint density at radius 3 is 2.67 bits per heavy atom. The number of anilines is 1. The van der Waals surface area contributed by atoms with Gasteiger partial charge in [-0.15, -0.1) is 0 Å². The largest absolute Gasteiger partial charge is 0.357 e. The zero-order valence-corrected chi connectivity index (χ0v) is 15.2. The van der Waals surface area contributed by atoms with Gasteiger partial charge in [0.15, 0.2) is 0 Å². The maximum absolute atomic E-state index is 12.4.